The first-order valence-electron chi connectivity index (χ1n) is 8.05. The third-order valence-corrected chi connectivity index (χ3v) is 4.85. The Kier molecular flexibility index (Phi) is 3.66. The molecular formula is C20H9FO8. The summed E-state index contributed by atoms with van der Waals surface area (Å²) >= 11 is 0. The number of hydrogen-bond acceptors (Lipinski definition) is 4. The maximum absolute atomic E-state index is 15.0. The largest absolute Gasteiger partial charge is 0.478 e. The van der Waals surface area contributed by atoms with Gasteiger partial charge in [-0.3, -0.25) is 0 Å². The molecule has 4 aromatic rings. The highest BCUT2D eigenvalue weighted by Gasteiger charge is 2.31. The van der Waals surface area contributed by atoms with Crippen LogP contribution in [0.2, 0.25) is 0 Å². The molecule has 0 aliphatic carbocycles. The van der Waals surface area contributed by atoms with E-state index in [-0.39, 0.29) is 26.9 Å². The van der Waals surface area contributed by atoms with Gasteiger partial charge in [-0.15, -0.1) is 0 Å². The molecular weight excluding hydrogens is 387 g/mol. The third-order valence-electron chi connectivity index (χ3n) is 4.85. The predicted molar refractivity (Wildman–Crippen MR) is 97.9 cm³/mol. The van der Waals surface area contributed by atoms with Crippen LogP contribution in [0.15, 0.2) is 30.3 Å². The lowest BCUT2D eigenvalue weighted by Crippen LogP contribution is -2.13. The Bertz CT molecular complexity index is 1420. The van der Waals surface area contributed by atoms with Crippen LogP contribution in [0, 0.1) is 5.82 Å². The molecule has 144 valence electrons. The van der Waals surface area contributed by atoms with E-state index in [4.69, 9.17) is 0 Å². The first-order chi connectivity index (χ1) is 13.6. The lowest BCUT2D eigenvalue weighted by molar-refractivity contribution is 0.0655. The Morgan fingerprint density at radius 1 is 0.655 bits per heavy atom. The molecule has 0 saturated heterocycles. The monoisotopic (exact) mass is 396 g/mol. The van der Waals surface area contributed by atoms with Gasteiger partial charge in [-0.1, -0.05) is 18.2 Å². The van der Waals surface area contributed by atoms with Gasteiger partial charge in [-0.2, -0.15) is 0 Å². The van der Waals surface area contributed by atoms with E-state index in [1.165, 1.54) is 18.2 Å². The summed E-state index contributed by atoms with van der Waals surface area (Å²) in [6, 6.07) is 5.82. The van der Waals surface area contributed by atoms with Crippen LogP contribution in [0.5, 0.6) is 0 Å². The van der Waals surface area contributed by atoms with Crippen LogP contribution < -0.4 is 0 Å². The summed E-state index contributed by atoms with van der Waals surface area (Å²) < 4.78 is 15.0. The average Bonchev–Trinajstić information content (AvgIpc) is 2.64. The van der Waals surface area contributed by atoms with Crippen LogP contribution >= 0.6 is 0 Å². The molecule has 8 nitrogen and oxygen atoms in total. The maximum Gasteiger partial charge on any atom is 0.337 e. The van der Waals surface area contributed by atoms with E-state index in [2.05, 4.69) is 0 Å². The van der Waals surface area contributed by atoms with E-state index in [1.807, 2.05) is 0 Å². The fourth-order valence-electron chi connectivity index (χ4n) is 3.86. The van der Waals surface area contributed by atoms with Gasteiger partial charge in [-0.25, -0.2) is 23.6 Å². The Morgan fingerprint density at radius 3 is 1.79 bits per heavy atom. The minimum atomic E-state index is -1.74. The second-order valence-corrected chi connectivity index (χ2v) is 6.33. The SMILES string of the molecule is O=C(O)c1c(C(=O)O)c2c(F)cc(C(=O)O)c3c(C(=O)O)cc4cccc1c4c32. The molecule has 9 heteroatoms. The molecule has 4 aromatic carbocycles. The van der Waals surface area contributed by atoms with Crippen molar-refractivity contribution in [1.29, 1.82) is 0 Å². The van der Waals surface area contributed by atoms with Crippen LogP contribution in [0.4, 0.5) is 4.39 Å². The third kappa shape index (κ3) is 2.30. The van der Waals surface area contributed by atoms with E-state index in [0.29, 0.717) is 6.07 Å². The predicted octanol–water partition coefficient (Wildman–Crippen LogP) is 3.52. The van der Waals surface area contributed by atoms with Crippen molar-refractivity contribution in [2.75, 3.05) is 0 Å². The maximum atomic E-state index is 15.0. The number of carbonyl (C=O) groups is 4. The Labute approximate surface area is 159 Å². The fraction of sp³-hybridized carbons (Fsp3) is 0. The van der Waals surface area contributed by atoms with Crippen LogP contribution in [0.3, 0.4) is 0 Å². The van der Waals surface area contributed by atoms with Crippen molar-refractivity contribution < 1.29 is 44.0 Å². The molecule has 0 atom stereocenters. The van der Waals surface area contributed by atoms with Crippen LogP contribution in [0.25, 0.3) is 32.3 Å². The number of halogens is 1. The lowest BCUT2D eigenvalue weighted by atomic mass is 9.83. The zero-order valence-electron chi connectivity index (χ0n) is 14.2. The van der Waals surface area contributed by atoms with Gasteiger partial charge in [-0.05, 0) is 28.3 Å². The molecule has 0 bridgehead atoms. The minimum absolute atomic E-state index is 0.0659. The minimum Gasteiger partial charge on any atom is -0.478 e. The van der Waals surface area contributed by atoms with Crippen LogP contribution in [-0.4, -0.2) is 44.3 Å². The zero-order valence-corrected chi connectivity index (χ0v) is 14.2. The molecule has 0 aliphatic heterocycles. The number of rotatable bonds is 4. The van der Waals surface area contributed by atoms with Crippen molar-refractivity contribution in [1.82, 2.24) is 0 Å². The highest BCUT2D eigenvalue weighted by molar-refractivity contribution is 6.35. The molecule has 0 spiro atoms. The van der Waals surface area contributed by atoms with Gasteiger partial charge in [0.15, 0.2) is 0 Å². The molecule has 4 rings (SSSR count). The number of benzene rings is 4. The van der Waals surface area contributed by atoms with E-state index < -0.39 is 57.3 Å². The van der Waals surface area contributed by atoms with E-state index in [9.17, 15) is 44.0 Å². The van der Waals surface area contributed by atoms with Crippen LogP contribution in [0.1, 0.15) is 41.4 Å². The molecule has 0 unspecified atom stereocenters. The van der Waals surface area contributed by atoms with Crippen molar-refractivity contribution in [2.24, 2.45) is 0 Å². The summed E-state index contributed by atoms with van der Waals surface area (Å²) in [5.41, 5.74) is -2.67. The molecule has 0 fully saturated rings. The van der Waals surface area contributed by atoms with Crippen molar-refractivity contribution >= 4 is 56.2 Å². The highest BCUT2D eigenvalue weighted by Crippen LogP contribution is 2.43. The van der Waals surface area contributed by atoms with Gasteiger partial charge >= 0.3 is 23.9 Å². The van der Waals surface area contributed by atoms with Crippen molar-refractivity contribution in [3.8, 4) is 0 Å². The summed E-state index contributed by atoms with van der Waals surface area (Å²) in [6.45, 7) is 0. The second kappa shape index (κ2) is 5.86. The molecule has 0 radical (unpaired) electrons. The number of hydrogen-bond donors (Lipinski definition) is 4. The Morgan fingerprint density at radius 2 is 1.24 bits per heavy atom. The van der Waals surface area contributed by atoms with Gasteiger partial charge in [0.1, 0.15) is 5.82 Å². The quantitative estimate of drug-likeness (QED) is 0.383. The molecule has 0 heterocycles. The van der Waals surface area contributed by atoms with Crippen LogP contribution in [-0.2, 0) is 0 Å². The van der Waals surface area contributed by atoms with Gasteiger partial charge in [0.25, 0.3) is 0 Å². The zero-order chi connectivity index (χ0) is 21.2. The van der Waals surface area contributed by atoms with Gasteiger partial charge in [0, 0.05) is 16.2 Å². The highest BCUT2D eigenvalue weighted by atomic mass is 19.1. The molecule has 4 N–H and O–H groups in total. The van der Waals surface area contributed by atoms with Crippen molar-refractivity contribution in [3.63, 3.8) is 0 Å². The number of carboxylic acid groups (broad SMARTS) is 4. The van der Waals surface area contributed by atoms with Gasteiger partial charge in [0.05, 0.1) is 22.3 Å². The standard InChI is InChI=1S/C20H9FO8/c21-10-5-9(18(24)25)12-8(17(22)23)4-6-2-1-3-7-11(6)15(12)14(10)16(20(28)29)13(7)19(26)27/h1-5H,(H,22,23)(H,24,25)(H,26,27)(H,28,29). The summed E-state index contributed by atoms with van der Waals surface area (Å²) in [5, 5.41) is 37.3. The Balaban J connectivity index is 2.54. The average molecular weight is 396 g/mol. The summed E-state index contributed by atoms with van der Waals surface area (Å²) in [5.74, 6) is -7.74. The van der Waals surface area contributed by atoms with Crippen molar-refractivity contribution in [2.45, 2.75) is 0 Å². The smallest absolute Gasteiger partial charge is 0.337 e. The first-order valence-corrected chi connectivity index (χ1v) is 8.05. The van der Waals surface area contributed by atoms with E-state index in [1.54, 1.807) is 0 Å². The molecule has 0 saturated carbocycles. The summed E-state index contributed by atoms with van der Waals surface area (Å²) in [6.07, 6.45) is 0. The Hall–Kier alpha value is -4.27. The first kappa shape index (κ1) is 18.1. The topological polar surface area (TPSA) is 149 Å². The van der Waals surface area contributed by atoms with Gasteiger partial charge in [0.2, 0.25) is 0 Å². The molecule has 0 aromatic heterocycles. The summed E-state index contributed by atoms with van der Waals surface area (Å²) in [7, 11) is 0. The fourth-order valence-corrected chi connectivity index (χ4v) is 3.86. The van der Waals surface area contributed by atoms with Crippen molar-refractivity contribution in [3.05, 3.63) is 58.4 Å². The molecule has 0 aliphatic rings. The van der Waals surface area contributed by atoms with E-state index >= 15 is 0 Å². The summed E-state index contributed by atoms with van der Waals surface area (Å²) in [4.78, 5) is 47.3. The lowest BCUT2D eigenvalue weighted by Gasteiger charge is -2.19. The van der Waals surface area contributed by atoms with Gasteiger partial charge < -0.3 is 20.4 Å². The number of aromatic carboxylic acids is 4. The normalized spacial score (nSPS) is 11.3. The van der Waals surface area contributed by atoms with E-state index in [0.717, 1.165) is 6.07 Å². The molecule has 0 amide bonds. The second-order valence-electron chi connectivity index (χ2n) is 6.33. The molecule has 29 heavy (non-hydrogen) atoms. The number of carboxylic acids is 4.